The Labute approximate surface area is 107 Å². The minimum atomic E-state index is -0.399. The number of piperidine rings is 1. The van der Waals surface area contributed by atoms with Crippen molar-refractivity contribution in [1.82, 2.24) is 9.88 Å². The number of nitrogens with one attached hydrogen (secondary N) is 1. The highest BCUT2D eigenvalue weighted by Crippen LogP contribution is 2.42. The van der Waals surface area contributed by atoms with Gasteiger partial charge in [0.15, 0.2) is 0 Å². The third-order valence-electron chi connectivity index (χ3n) is 4.06. The molecule has 96 valence electrons. The highest BCUT2D eigenvalue weighted by molar-refractivity contribution is 6.05. The maximum atomic E-state index is 12.4. The van der Waals surface area contributed by atoms with Crippen molar-refractivity contribution < 1.29 is 4.79 Å². The van der Waals surface area contributed by atoms with Gasteiger partial charge in [-0.15, -0.1) is 0 Å². The summed E-state index contributed by atoms with van der Waals surface area (Å²) in [6.45, 7) is 5.17. The SMILES string of the molecule is CCCN1CCC[C@]2(C1)C(=O)Nc1cccnc12. The molecular formula is C14H19N3O. The molecule has 3 rings (SSSR count). The van der Waals surface area contributed by atoms with E-state index in [1.807, 2.05) is 12.1 Å². The topological polar surface area (TPSA) is 45.2 Å². The number of aromatic nitrogens is 1. The van der Waals surface area contributed by atoms with Crippen LogP contribution in [0.2, 0.25) is 0 Å². The minimum Gasteiger partial charge on any atom is -0.324 e. The Morgan fingerprint density at radius 2 is 2.44 bits per heavy atom. The summed E-state index contributed by atoms with van der Waals surface area (Å²) >= 11 is 0. The molecule has 0 aliphatic carbocycles. The first-order valence-electron chi connectivity index (χ1n) is 6.75. The summed E-state index contributed by atoms with van der Waals surface area (Å²) < 4.78 is 0. The Balaban J connectivity index is 1.96. The number of pyridine rings is 1. The maximum absolute atomic E-state index is 12.4. The fourth-order valence-electron chi connectivity index (χ4n) is 3.27. The number of hydrogen-bond acceptors (Lipinski definition) is 3. The Morgan fingerprint density at radius 1 is 1.56 bits per heavy atom. The van der Waals surface area contributed by atoms with E-state index >= 15 is 0 Å². The van der Waals surface area contributed by atoms with Gasteiger partial charge >= 0.3 is 0 Å². The van der Waals surface area contributed by atoms with Crippen LogP contribution in [0.3, 0.4) is 0 Å². The molecule has 0 aromatic carbocycles. The van der Waals surface area contributed by atoms with E-state index in [1.165, 1.54) is 0 Å². The van der Waals surface area contributed by atoms with Gasteiger partial charge in [0.25, 0.3) is 0 Å². The predicted octanol–water partition coefficient (Wildman–Crippen LogP) is 1.78. The molecule has 0 bridgehead atoms. The molecule has 1 amide bonds. The summed E-state index contributed by atoms with van der Waals surface area (Å²) in [6.07, 6.45) is 4.92. The average Bonchev–Trinajstić information content (AvgIpc) is 2.64. The van der Waals surface area contributed by atoms with Gasteiger partial charge in [-0.1, -0.05) is 6.92 Å². The van der Waals surface area contributed by atoms with Gasteiger partial charge in [0, 0.05) is 12.7 Å². The molecule has 1 N–H and O–H groups in total. The summed E-state index contributed by atoms with van der Waals surface area (Å²) in [7, 11) is 0. The largest absolute Gasteiger partial charge is 0.324 e. The van der Waals surface area contributed by atoms with Gasteiger partial charge in [0.2, 0.25) is 5.91 Å². The molecule has 18 heavy (non-hydrogen) atoms. The molecule has 0 saturated carbocycles. The summed E-state index contributed by atoms with van der Waals surface area (Å²) in [5, 5.41) is 2.99. The number of carbonyl (C=O) groups excluding carboxylic acids is 1. The van der Waals surface area contributed by atoms with Crippen molar-refractivity contribution in [1.29, 1.82) is 0 Å². The molecule has 1 saturated heterocycles. The van der Waals surface area contributed by atoms with Crippen LogP contribution < -0.4 is 5.32 Å². The Kier molecular flexibility index (Phi) is 2.82. The molecule has 4 nitrogen and oxygen atoms in total. The first-order valence-corrected chi connectivity index (χ1v) is 6.75. The van der Waals surface area contributed by atoms with E-state index in [-0.39, 0.29) is 5.91 Å². The van der Waals surface area contributed by atoms with Crippen LogP contribution in [0.1, 0.15) is 31.9 Å². The molecule has 1 atom stereocenters. The Hall–Kier alpha value is -1.42. The molecule has 1 fully saturated rings. The molecule has 0 radical (unpaired) electrons. The van der Waals surface area contributed by atoms with Gasteiger partial charge < -0.3 is 10.2 Å². The van der Waals surface area contributed by atoms with Gasteiger partial charge in [-0.2, -0.15) is 0 Å². The van der Waals surface area contributed by atoms with Gasteiger partial charge in [-0.3, -0.25) is 9.78 Å². The smallest absolute Gasteiger partial charge is 0.238 e. The molecule has 1 spiro atoms. The number of fused-ring (bicyclic) bond motifs is 2. The summed E-state index contributed by atoms with van der Waals surface area (Å²) in [6, 6.07) is 3.83. The zero-order chi connectivity index (χ0) is 12.6. The van der Waals surface area contributed by atoms with E-state index in [0.717, 1.165) is 50.3 Å². The zero-order valence-electron chi connectivity index (χ0n) is 10.8. The second-order valence-electron chi connectivity index (χ2n) is 5.32. The van der Waals surface area contributed by atoms with Crippen LogP contribution in [-0.2, 0) is 10.2 Å². The maximum Gasteiger partial charge on any atom is 0.238 e. The molecule has 2 aliphatic heterocycles. The van der Waals surface area contributed by atoms with Crippen molar-refractivity contribution in [3.8, 4) is 0 Å². The molecular weight excluding hydrogens is 226 g/mol. The lowest BCUT2D eigenvalue weighted by molar-refractivity contribution is -0.123. The summed E-state index contributed by atoms with van der Waals surface area (Å²) in [4.78, 5) is 19.2. The minimum absolute atomic E-state index is 0.136. The quantitative estimate of drug-likeness (QED) is 0.863. The van der Waals surface area contributed by atoms with Gasteiger partial charge in [-0.25, -0.2) is 0 Å². The molecule has 3 heterocycles. The van der Waals surface area contributed by atoms with Crippen LogP contribution in [0.4, 0.5) is 5.69 Å². The van der Waals surface area contributed by atoms with E-state index in [9.17, 15) is 4.79 Å². The fraction of sp³-hybridized carbons (Fsp3) is 0.571. The lowest BCUT2D eigenvalue weighted by Crippen LogP contribution is -2.50. The van der Waals surface area contributed by atoms with Crippen molar-refractivity contribution in [2.75, 3.05) is 25.0 Å². The fourth-order valence-corrected chi connectivity index (χ4v) is 3.27. The number of carbonyl (C=O) groups is 1. The van der Waals surface area contributed by atoms with Gasteiger partial charge in [0.1, 0.15) is 5.41 Å². The predicted molar refractivity (Wildman–Crippen MR) is 70.5 cm³/mol. The number of amides is 1. The number of anilines is 1. The molecule has 0 unspecified atom stereocenters. The van der Waals surface area contributed by atoms with Crippen LogP contribution in [0.15, 0.2) is 18.3 Å². The summed E-state index contributed by atoms with van der Waals surface area (Å²) in [5.41, 5.74) is 1.46. The van der Waals surface area contributed by atoms with Crippen LogP contribution in [-0.4, -0.2) is 35.4 Å². The van der Waals surface area contributed by atoms with Crippen LogP contribution in [0, 0.1) is 0 Å². The van der Waals surface area contributed by atoms with E-state index < -0.39 is 5.41 Å². The second-order valence-corrected chi connectivity index (χ2v) is 5.32. The monoisotopic (exact) mass is 245 g/mol. The first kappa shape index (κ1) is 11.7. The molecule has 1 aromatic heterocycles. The van der Waals surface area contributed by atoms with Crippen LogP contribution >= 0.6 is 0 Å². The van der Waals surface area contributed by atoms with Crippen molar-refractivity contribution in [2.45, 2.75) is 31.6 Å². The molecule has 2 aliphatic rings. The molecule has 4 heteroatoms. The van der Waals surface area contributed by atoms with Crippen LogP contribution in [0.5, 0.6) is 0 Å². The number of rotatable bonds is 2. The number of nitrogens with zero attached hydrogens (tertiary/aromatic N) is 2. The third-order valence-corrected chi connectivity index (χ3v) is 4.06. The number of hydrogen-bond donors (Lipinski definition) is 1. The Bertz CT molecular complexity index is 472. The van der Waals surface area contributed by atoms with Crippen molar-refractivity contribution in [2.24, 2.45) is 0 Å². The lowest BCUT2D eigenvalue weighted by atomic mass is 9.77. The first-order chi connectivity index (χ1) is 8.76. The van der Waals surface area contributed by atoms with Crippen molar-refractivity contribution in [3.63, 3.8) is 0 Å². The van der Waals surface area contributed by atoms with Gasteiger partial charge in [-0.05, 0) is 44.5 Å². The summed E-state index contributed by atoms with van der Waals surface area (Å²) in [5.74, 6) is 0.136. The third kappa shape index (κ3) is 1.63. The van der Waals surface area contributed by atoms with Crippen molar-refractivity contribution in [3.05, 3.63) is 24.0 Å². The normalized spacial score (nSPS) is 27.3. The zero-order valence-corrected chi connectivity index (χ0v) is 10.8. The van der Waals surface area contributed by atoms with E-state index in [2.05, 4.69) is 22.1 Å². The average molecular weight is 245 g/mol. The van der Waals surface area contributed by atoms with Crippen molar-refractivity contribution >= 4 is 11.6 Å². The number of likely N-dealkylation sites (tertiary alicyclic amines) is 1. The standard InChI is InChI=1S/C14H19N3O/c1-2-8-17-9-4-6-14(10-17)12-11(16-13(14)18)5-3-7-15-12/h3,5,7H,2,4,6,8-10H2,1H3,(H,16,18)/t14-/m1/s1. The highest BCUT2D eigenvalue weighted by atomic mass is 16.2. The molecule has 1 aromatic rings. The second kappa shape index (κ2) is 4.35. The lowest BCUT2D eigenvalue weighted by Gasteiger charge is -2.38. The van der Waals surface area contributed by atoms with Crippen LogP contribution in [0.25, 0.3) is 0 Å². The van der Waals surface area contributed by atoms with E-state index in [4.69, 9.17) is 0 Å². The van der Waals surface area contributed by atoms with E-state index in [1.54, 1.807) is 6.20 Å². The van der Waals surface area contributed by atoms with E-state index in [0.29, 0.717) is 0 Å². The highest BCUT2D eigenvalue weighted by Gasteiger charge is 2.50. The Morgan fingerprint density at radius 3 is 3.28 bits per heavy atom. The van der Waals surface area contributed by atoms with Gasteiger partial charge in [0.05, 0.1) is 11.4 Å².